The van der Waals surface area contributed by atoms with E-state index >= 15 is 0 Å². The Morgan fingerprint density at radius 3 is 1.69 bits per heavy atom. The van der Waals surface area contributed by atoms with Crippen molar-refractivity contribution in [1.82, 2.24) is 3.76 Å². The van der Waals surface area contributed by atoms with Crippen molar-refractivity contribution in [3.63, 3.8) is 0 Å². The van der Waals surface area contributed by atoms with Crippen molar-refractivity contribution in [1.29, 1.82) is 0 Å². The fourth-order valence-electron chi connectivity index (χ4n) is 0.198. The van der Waals surface area contributed by atoms with E-state index in [1.807, 2.05) is 12.3 Å². The molecule has 0 N–H and O–H groups in total. The minimum absolute atomic E-state index is 1.29. The number of hydrogen-bond donors (Lipinski definition) is 0. The molecule has 1 heterocycles. The van der Waals surface area contributed by atoms with E-state index in [4.69, 9.17) is 0 Å². The molecule has 1 aromatic rings. The summed E-state index contributed by atoms with van der Waals surface area (Å²) < 4.78 is 63.3. The van der Waals surface area contributed by atoms with Gasteiger partial charge in [0.25, 0.3) is 0 Å². The van der Waals surface area contributed by atoms with E-state index in [0.717, 1.165) is 0 Å². The Morgan fingerprint density at radius 2 is 1.62 bits per heavy atom. The average molecular weight is 307 g/mol. The molecule has 0 fully saturated rings. The summed E-state index contributed by atoms with van der Waals surface area (Å²) in [6.45, 7) is 2.05. The van der Waals surface area contributed by atoms with Crippen LogP contribution in [0.25, 0.3) is 0 Å². The first kappa shape index (κ1) is 13.1. The molecule has 0 saturated heterocycles. The van der Waals surface area contributed by atoms with Crippen molar-refractivity contribution in [2.45, 2.75) is 6.92 Å². The third-order valence-electron chi connectivity index (χ3n) is 0.443. The third-order valence-corrected chi connectivity index (χ3v) is 2.10. The van der Waals surface area contributed by atoms with Gasteiger partial charge >= 0.3 is 35.0 Å². The second-order valence-corrected chi connectivity index (χ2v) is 7.85. The van der Waals surface area contributed by atoms with Crippen LogP contribution in [0.4, 0.5) is 20.8 Å². The van der Waals surface area contributed by atoms with Crippen LogP contribution >= 0.6 is 23.1 Å². The number of rotatable bonds is 0. The van der Waals surface area contributed by atoms with E-state index in [1.54, 1.807) is 11.5 Å². The molecule has 0 aliphatic carbocycles. The van der Waals surface area contributed by atoms with E-state index in [9.17, 15) is 20.8 Å². The predicted octanol–water partition coefficient (Wildman–Crippen LogP) is 3.93. The molecule has 10 heteroatoms. The summed E-state index contributed by atoms with van der Waals surface area (Å²) in [5.74, 6) is 0. The van der Waals surface area contributed by atoms with Gasteiger partial charge in [-0.1, -0.05) is 0 Å². The van der Waals surface area contributed by atoms with E-state index in [-0.39, 0.29) is 0 Å². The molecule has 0 spiro atoms. The quantitative estimate of drug-likeness (QED) is 0.402. The molecule has 1 aromatic heterocycles. The molecule has 0 atom stereocenters. The monoisotopic (exact) mass is 307 g/mol. The number of aromatic nitrogens is 1. The fraction of sp³-hybridized carbons (Fsp3) is 0.333. The topological polar surface area (TPSA) is 12.9 Å². The predicted molar refractivity (Wildman–Crippen MR) is 41.5 cm³/mol. The van der Waals surface area contributed by atoms with Crippen molar-refractivity contribution in [3.05, 3.63) is 10.3 Å². The summed E-state index contributed by atoms with van der Waals surface area (Å²) in [6.07, 6.45) is 0. The Hall–Kier alpha value is 0.118. The van der Waals surface area contributed by atoms with Gasteiger partial charge in [-0.15, -0.1) is 0 Å². The molecule has 1 rings (SSSR count). The molecule has 13 heavy (non-hydrogen) atoms. The van der Waals surface area contributed by atoms with Gasteiger partial charge in [0.1, 0.15) is 0 Å². The maximum absolute atomic E-state index is 11.1. The van der Waals surface area contributed by atoms with Crippen molar-refractivity contribution in [2.24, 2.45) is 0 Å². The zero-order valence-corrected chi connectivity index (χ0v) is 9.57. The van der Waals surface area contributed by atoms with Crippen molar-refractivity contribution in [3.8, 4) is 0 Å². The SMILES string of the molecule is Cc1c[s+]ns1.F[As-](F)(F)(F)(F)F. The molecule has 1 nitrogen and oxygen atoms in total. The molecule has 80 valence electrons. The minimum atomic E-state index is -11.1. The molecular formula is C3H4AsF6NS2. The second-order valence-electron chi connectivity index (χ2n) is 1.96. The molecule has 0 amide bonds. The van der Waals surface area contributed by atoms with Gasteiger partial charge in [-0.3, -0.25) is 0 Å². The Kier molecular flexibility index (Phi) is 3.09. The molecule has 0 bridgehead atoms. The zero-order valence-electron chi connectivity index (χ0n) is 6.06. The Bertz CT molecular complexity index is 250. The second kappa shape index (κ2) is 3.06. The number of nitrogens with zero attached hydrogens (tertiary/aromatic N) is 1. The van der Waals surface area contributed by atoms with Crippen LogP contribution in [0.15, 0.2) is 5.38 Å². The van der Waals surface area contributed by atoms with Crippen molar-refractivity contribution >= 4 is 37.2 Å². The summed E-state index contributed by atoms with van der Waals surface area (Å²) in [6, 6.07) is 0. The Balaban J connectivity index is 0.000000223. The van der Waals surface area contributed by atoms with E-state index in [0.29, 0.717) is 0 Å². The van der Waals surface area contributed by atoms with Gasteiger partial charge in [0.15, 0.2) is 10.3 Å². The normalized spacial score (nSPS) is 16.5. The first-order chi connectivity index (χ1) is 5.34. The van der Waals surface area contributed by atoms with Crippen LogP contribution in [0, 0.1) is 6.92 Å². The van der Waals surface area contributed by atoms with Crippen LogP contribution in [0.3, 0.4) is 0 Å². The van der Waals surface area contributed by atoms with Crippen LogP contribution in [0.1, 0.15) is 4.88 Å². The van der Waals surface area contributed by atoms with Gasteiger partial charge in [0.2, 0.25) is 23.1 Å². The van der Waals surface area contributed by atoms with Crippen LogP contribution in [-0.2, 0) is 0 Å². The molecule has 0 aliphatic rings. The molecular weight excluding hydrogens is 303 g/mol. The van der Waals surface area contributed by atoms with Gasteiger partial charge in [0.05, 0.1) is 3.76 Å². The molecule has 0 saturated carbocycles. The third kappa shape index (κ3) is 24.5. The molecule has 0 aliphatic heterocycles. The van der Waals surface area contributed by atoms with Gasteiger partial charge in [-0.25, -0.2) is 0 Å². The van der Waals surface area contributed by atoms with Gasteiger partial charge in [0, 0.05) is 0 Å². The summed E-state index contributed by atoms with van der Waals surface area (Å²) in [5, 5.41) is 2.03. The molecule has 0 unspecified atom stereocenters. The van der Waals surface area contributed by atoms with E-state index < -0.39 is 14.2 Å². The fourth-order valence-corrected chi connectivity index (χ4v) is 1.46. The van der Waals surface area contributed by atoms with Crippen LogP contribution in [-0.4, -0.2) is 17.9 Å². The van der Waals surface area contributed by atoms with Gasteiger partial charge in [-0.05, 0) is 6.92 Å². The van der Waals surface area contributed by atoms with Crippen LogP contribution < -0.4 is 0 Å². The summed E-state index contributed by atoms with van der Waals surface area (Å²) in [5.41, 5.74) is 0. The Morgan fingerprint density at radius 1 is 1.23 bits per heavy atom. The van der Waals surface area contributed by atoms with E-state index in [1.165, 1.54) is 16.4 Å². The standard InChI is InChI=1S/C3H4NS2.AsF6/c1-3-2-5-4-6-3;2-1(3,4,5,6)7/h2H,1H3;/q+1;-1. The van der Waals surface area contributed by atoms with Crippen LogP contribution in [0.5, 0.6) is 0 Å². The van der Waals surface area contributed by atoms with Crippen LogP contribution in [0.2, 0.25) is 0 Å². The number of halogens is 6. The van der Waals surface area contributed by atoms with Gasteiger partial charge < -0.3 is 0 Å². The summed E-state index contributed by atoms with van der Waals surface area (Å²) >= 11 is -8.01. The van der Waals surface area contributed by atoms with Crippen molar-refractivity contribution < 1.29 is 20.8 Å². The average Bonchev–Trinajstić information content (AvgIpc) is 2.07. The number of hydrogen-bond acceptors (Lipinski definition) is 2. The summed E-state index contributed by atoms with van der Waals surface area (Å²) in [7, 11) is 0. The molecule has 0 aromatic carbocycles. The zero-order chi connectivity index (χ0) is 10.8. The summed E-state index contributed by atoms with van der Waals surface area (Å²) in [4.78, 5) is 1.29. The first-order valence-corrected chi connectivity index (χ1v) is 8.47. The first-order valence-electron chi connectivity index (χ1n) is 2.61. The maximum atomic E-state index is 9.91. The Labute approximate surface area is 79.2 Å². The molecule has 0 radical (unpaired) electrons. The number of aryl methyl sites for hydroxylation is 1. The van der Waals surface area contributed by atoms with Gasteiger partial charge in [-0.2, -0.15) is 0 Å². The van der Waals surface area contributed by atoms with E-state index in [2.05, 4.69) is 3.76 Å². The van der Waals surface area contributed by atoms with Crippen molar-refractivity contribution in [2.75, 3.05) is 0 Å².